The lowest BCUT2D eigenvalue weighted by Gasteiger charge is -2.40. The van der Waals surface area contributed by atoms with Crippen molar-refractivity contribution in [1.29, 1.82) is 0 Å². The van der Waals surface area contributed by atoms with Crippen molar-refractivity contribution in [2.24, 2.45) is 5.92 Å². The summed E-state index contributed by atoms with van der Waals surface area (Å²) < 4.78 is 41.0. The summed E-state index contributed by atoms with van der Waals surface area (Å²) in [5.41, 5.74) is 2.62. The molecule has 1 amide bonds. The number of aryl methyl sites for hydroxylation is 1. The summed E-state index contributed by atoms with van der Waals surface area (Å²) in [5.74, 6) is 2.56. The van der Waals surface area contributed by atoms with Crippen LogP contribution in [0.1, 0.15) is 92.9 Å². The monoisotopic (exact) mass is 769 g/mol. The number of hydrogen-bond acceptors (Lipinski definition) is 9. The Morgan fingerprint density at radius 3 is 2.23 bits per heavy atom. The van der Waals surface area contributed by atoms with Gasteiger partial charge in [-0.05, 0) is 110 Å². The Morgan fingerprint density at radius 2 is 1.52 bits per heavy atom. The number of carbonyl (C=O) groups is 2. The molecule has 2 aliphatic rings. The molecule has 3 aromatic carbocycles. The molecule has 10 nitrogen and oxygen atoms in total. The lowest BCUT2D eigenvalue weighted by atomic mass is 9.75. The van der Waals surface area contributed by atoms with Crippen LogP contribution in [-0.2, 0) is 20.7 Å². The minimum Gasteiger partial charge on any atom is -0.493 e. The third-order valence-electron chi connectivity index (χ3n) is 10.9. The second-order valence-electron chi connectivity index (χ2n) is 14.4. The molecule has 1 saturated carbocycles. The van der Waals surface area contributed by atoms with Gasteiger partial charge in [-0.2, -0.15) is 0 Å². The van der Waals surface area contributed by atoms with Gasteiger partial charge in [0.2, 0.25) is 11.7 Å². The van der Waals surface area contributed by atoms with Crippen LogP contribution in [0.5, 0.6) is 34.5 Å². The zero-order chi connectivity index (χ0) is 39.9. The zero-order valence-electron chi connectivity index (χ0n) is 33.6. The largest absolute Gasteiger partial charge is 0.493 e. The van der Waals surface area contributed by atoms with Crippen molar-refractivity contribution in [3.8, 4) is 34.5 Å². The Hall–Kier alpha value is -5.12. The van der Waals surface area contributed by atoms with Gasteiger partial charge in [0, 0.05) is 6.54 Å². The summed E-state index contributed by atoms with van der Waals surface area (Å²) in [6.07, 6.45) is 11.9. The molecule has 1 aliphatic carbocycles. The topological polar surface area (TPSA) is 102 Å². The first kappa shape index (κ1) is 42.0. The summed E-state index contributed by atoms with van der Waals surface area (Å²) in [5, 5.41) is 0. The summed E-state index contributed by atoms with van der Waals surface area (Å²) in [4.78, 5) is 31.4. The maximum Gasteiger partial charge on any atom is 0.329 e. The number of benzene rings is 3. The van der Waals surface area contributed by atoms with E-state index in [0.717, 1.165) is 61.6 Å². The Kier molecular flexibility index (Phi) is 16.0. The lowest BCUT2D eigenvalue weighted by molar-refractivity contribution is -0.163. The molecular weight excluding hydrogens is 711 g/mol. The first-order valence-corrected chi connectivity index (χ1v) is 19.9. The van der Waals surface area contributed by atoms with Crippen LogP contribution < -0.4 is 28.4 Å². The number of hydrogen-bond donors (Lipinski definition) is 0. The highest BCUT2D eigenvalue weighted by Crippen LogP contribution is 2.45. The standard InChI is InChI=1S/C46H59NO9/c1-7-9-27-55-42-31-35(30-41(52-5)44(42)53-6)43(33-16-11-10-12-17-33)45(48)47-25-14-13-20-37(47)46(49)56-38(34-18-15-19-36(29-34)54-26-8-2)23-21-32-22-24-39(50-3)40(28-32)51-4/h7-8,15,18-19,22,24,28-31,33,37-38,43H,1-2,9-14,16-17,20-21,23,25-27H2,3-6H3. The molecule has 56 heavy (non-hydrogen) atoms. The first-order chi connectivity index (χ1) is 27.3. The van der Waals surface area contributed by atoms with Crippen LogP contribution in [0.2, 0.25) is 0 Å². The maximum absolute atomic E-state index is 15.1. The minimum absolute atomic E-state index is 0.0653. The fourth-order valence-electron chi connectivity index (χ4n) is 8.00. The molecule has 0 aromatic heterocycles. The van der Waals surface area contributed by atoms with Gasteiger partial charge in [0.15, 0.2) is 23.0 Å². The van der Waals surface area contributed by atoms with Gasteiger partial charge in [-0.15, -0.1) is 6.58 Å². The molecule has 5 rings (SSSR count). The molecule has 2 fully saturated rings. The maximum atomic E-state index is 15.1. The van der Waals surface area contributed by atoms with Crippen LogP contribution >= 0.6 is 0 Å². The smallest absolute Gasteiger partial charge is 0.329 e. The number of methoxy groups -OCH3 is 4. The van der Waals surface area contributed by atoms with Gasteiger partial charge >= 0.3 is 5.97 Å². The van der Waals surface area contributed by atoms with E-state index in [1.807, 2.05) is 54.6 Å². The average molecular weight is 770 g/mol. The first-order valence-electron chi connectivity index (χ1n) is 19.9. The van der Waals surface area contributed by atoms with E-state index < -0.39 is 24.0 Å². The summed E-state index contributed by atoms with van der Waals surface area (Å²) in [6.45, 7) is 8.81. The van der Waals surface area contributed by atoms with Gasteiger partial charge < -0.3 is 38.1 Å². The lowest BCUT2D eigenvalue weighted by Crippen LogP contribution is -2.51. The third kappa shape index (κ3) is 10.6. The van der Waals surface area contributed by atoms with Crippen molar-refractivity contribution >= 4 is 11.9 Å². The predicted molar refractivity (Wildman–Crippen MR) is 217 cm³/mol. The van der Waals surface area contributed by atoms with Gasteiger partial charge in [-0.25, -0.2) is 4.79 Å². The Morgan fingerprint density at radius 1 is 0.768 bits per heavy atom. The van der Waals surface area contributed by atoms with Crippen molar-refractivity contribution in [3.05, 3.63) is 96.6 Å². The van der Waals surface area contributed by atoms with Gasteiger partial charge in [-0.3, -0.25) is 4.79 Å². The van der Waals surface area contributed by atoms with Crippen LogP contribution in [0.4, 0.5) is 0 Å². The quantitative estimate of drug-likeness (QED) is 0.0633. The Bertz CT molecular complexity index is 1770. The summed E-state index contributed by atoms with van der Waals surface area (Å²) >= 11 is 0. The van der Waals surface area contributed by atoms with E-state index in [9.17, 15) is 4.79 Å². The van der Waals surface area contributed by atoms with Crippen molar-refractivity contribution in [3.63, 3.8) is 0 Å². The zero-order valence-corrected chi connectivity index (χ0v) is 33.6. The number of rotatable bonds is 20. The van der Waals surface area contributed by atoms with Crippen LogP contribution in [0.25, 0.3) is 0 Å². The highest BCUT2D eigenvalue weighted by Gasteiger charge is 2.41. The van der Waals surface area contributed by atoms with E-state index >= 15 is 4.79 Å². The molecule has 1 aliphatic heterocycles. The molecule has 302 valence electrons. The van der Waals surface area contributed by atoms with E-state index in [2.05, 4.69) is 13.2 Å². The van der Waals surface area contributed by atoms with E-state index in [-0.39, 0.29) is 11.8 Å². The van der Waals surface area contributed by atoms with Gasteiger partial charge in [0.05, 0.1) is 41.0 Å². The fraction of sp³-hybridized carbons (Fsp3) is 0.478. The van der Waals surface area contributed by atoms with Gasteiger partial charge in [0.1, 0.15) is 24.5 Å². The Balaban J connectivity index is 1.46. The Labute approximate surface area is 332 Å². The number of amides is 1. The predicted octanol–water partition coefficient (Wildman–Crippen LogP) is 9.20. The number of nitrogens with zero attached hydrogens (tertiary/aromatic N) is 1. The van der Waals surface area contributed by atoms with Crippen molar-refractivity contribution in [2.75, 3.05) is 48.2 Å². The van der Waals surface area contributed by atoms with Crippen molar-refractivity contribution < 1.29 is 42.7 Å². The second kappa shape index (κ2) is 21.3. The van der Waals surface area contributed by atoms with E-state index in [1.165, 1.54) is 0 Å². The summed E-state index contributed by atoms with van der Waals surface area (Å²) in [7, 11) is 6.39. The molecular formula is C46H59NO9. The van der Waals surface area contributed by atoms with Crippen LogP contribution in [-0.4, -0.2) is 71.0 Å². The highest BCUT2D eigenvalue weighted by molar-refractivity contribution is 5.89. The fourth-order valence-corrected chi connectivity index (χ4v) is 8.00. The average Bonchev–Trinajstić information content (AvgIpc) is 3.24. The highest BCUT2D eigenvalue weighted by atomic mass is 16.5. The number of esters is 1. The minimum atomic E-state index is -0.727. The number of piperidine rings is 1. The molecule has 0 radical (unpaired) electrons. The van der Waals surface area contributed by atoms with Crippen LogP contribution in [0.3, 0.4) is 0 Å². The SMILES string of the molecule is C=CCCOc1cc(C(C(=O)N2CCCCC2C(=O)OC(CCc2ccc(OC)c(OC)c2)c2cccc(OCC=C)c2)C2CCCCC2)cc(OC)c1OC. The number of carbonyl (C=O) groups excluding carboxylic acids is 2. The van der Waals surface area contributed by atoms with Crippen LogP contribution in [0.15, 0.2) is 79.9 Å². The summed E-state index contributed by atoms with van der Waals surface area (Å²) in [6, 6.07) is 16.5. The molecule has 1 heterocycles. The molecule has 3 unspecified atom stereocenters. The molecule has 10 heteroatoms. The molecule has 0 bridgehead atoms. The molecule has 0 N–H and O–H groups in total. The molecule has 0 spiro atoms. The van der Waals surface area contributed by atoms with E-state index in [4.69, 9.17) is 33.2 Å². The number of likely N-dealkylation sites (tertiary alicyclic amines) is 1. The third-order valence-corrected chi connectivity index (χ3v) is 10.9. The van der Waals surface area contributed by atoms with E-state index in [0.29, 0.717) is 79.9 Å². The van der Waals surface area contributed by atoms with Gasteiger partial charge in [0.25, 0.3) is 0 Å². The van der Waals surface area contributed by atoms with Crippen molar-refractivity contribution in [1.82, 2.24) is 4.90 Å². The molecule has 3 aromatic rings. The van der Waals surface area contributed by atoms with E-state index in [1.54, 1.807) is 45.5 Å². The van der Waals surface area contributed by atoms with Gasteiger partial charge in [-0.1, -0.05) is 56.2 Å². The second-order valence-corrected chi connectivity index (χ2v) is 14.4. The molecule has 3 atom stereocenters. The molecule has 1 saturated heterocycles. The van der Waals surface area contributed by atoms with Crippen molar-refractivity contribution in [2.45, 2.75) is 88.7 Å². The number of ether oxygens (including phenoxy) is 7. The van der Waals surface area contributed by atoms with Crippen LogP contribution in [0, 0.1) is 5.92 Å². The normalized spacial score (nSPS) is 16.9.